The molecule has 0 aromatic heterocycles. The van der Waals surface area contributed by atoms with Crippen molar-refractivity contribution < 1.29 is 9.53 Å². The van der Waals surface area contributed by atoms with E-state index in [2.05, 4.69) is 5.32 Å². The smallest absolute Gasteiger partial charge is 0.237 e. The Morgan fingerprint density at radius 1 is 1.32 bits per heavy atom. The molecule has 106 valence electrons. The molecule has 1 unspecified atom stereocenters. The van der Waals surface area contributed by atoms with Crippen molar-refractivity contribution in [3.63, 3.8) is 0 Å². The molecule has 4 heteroatoms. The maximum Gasteiger partial charge on any atom is 0.237 e. The number of aryl methyl sites for hydroxylation is 1. The second-order valence-corrected chi connectivity index (χ2v) is 5.25. The van der Waals surface area contributed by atoms with Crippen LogP contribution >= 0.6 is 0 Å². The van der Waals surface area contributed by atoms with Gasteiger partial charge in [0.1, 0.15) is 5.75 Å². The average molecular weight is 264 g/mol. The first-order valence-corrected chi connectivity index (χ1v) is 6.57. The maximum atomic E-state index is 12.0. The molecule has 1 aromatic carbocycles. The van der Waals surface area contributed by atoms with E-state index in [9.17, 15) is 4.79 Å². The lowest BCUT2D eigenvalue weighted by atomic mass is 10.0. The Hall–Kier alpha value is -1.55. The van der Waals surface area contributed by atoms with E-state index in [1.165, 1.54) is 0 Å². The van der Waals surface area contributed by atoms with Crippen molar-refractivity contribution in [2.24, 2.45) is 11.7 Å². The molecule has 19 heavy (non-hydrogen) atoms. The lowest BCUT2D eigenvalue weighted by Gasteiger charge is -2.21. The molecule has 0 fully saturated rings. The van der Waals surface area contributed by atoms with Crippen LogP contribution in [0.2, 0.25) is 0 Å². The van der Waals surface area contributed by atoms with Gasteiger partial charge in [-0.05, 0) is 25.8 Å². The third kappa shape index (κ3) is 3.96. The minimum Gasteiger partial charge on any atom is -0.496 e. The lowest BCUT2D eigenvalue weighted by molar-refractivity contribution is -0.123. The SMILES string of the molecule is COc1ccc(C)cc1C(C)NC(=O)[C@H](N)C(C)C. The molecular formula is C15H24N2O2. The van der Waals surface area contributed by atoms with E-state index in [0.717, 1.165) is 16.9 Å². The first-order chi connectivity index (χ1) is 8.86. The van der Waals surface area contributed by atoms with Crippen molar-refractivity contribution in [3.05, 3.63) is 29.3 Å². The Morgan fingerprint density at radius 2 is 1.95 bits per heavy atom. The summed E-state index contributed by atoms with van der Waals surface area (Å²) in [6, 6.07) is 5.29. The van der Waals surface area contributed by atoms with Gasteiger partial charge in [-0.25, -0.2) is 0 Å². The Morgan fingerprint density at radius 3 is 2.47 bits per heavy atom. The summed E-state index contributed by atoms with van der Waals surface area (Å²) in [7, 11) is 1.63. The van der Waals surface area contributed by atoms with Gasteiger partial charge in [-0.2, -0.15) is 0 Å². The highest BCUT2D eigenvalue weighted by atomic mass is 16.5. The minimum atomic E-state index is -0.488. The molecule has 0 bridgehead atoms. The topological polar surface area (TPSA) is 64.3 Å². The first-order valence-electron chi connectivity index (χ1n) is 6.57. The molecule has 0 heterocycles. The van der Waals surface area contributed by atoms with Crippen molar-refractivity contribution >= 4 is 5.91 Å². The highest BCUT2D eigenvalue weighted by Crippen LogP contribution is 2.26. The molecule has 2 atom stereocenters. The number of methoxy groups -OCH3 is 1. The first kappa shape index (κ1) is 15.5. The number of nitrogens with two attached hydrogens (primary N) is 1. The van der Waals surface area contributed by atoms with Crippen LogP contribution in [0.3, 0.4) is 0 Å². The largest absolute Gasteiger partial charge is 0.496 e. The molecule has 4 nitrogen and oxygen atoms in total. The number of nitrogens with one attached hydrogen (secondary N) is 1. The van der Waals surface area contributed by atoms with Crippen LogP contribution < -0.4 is 15.8 Å². The zero-order chi connectivity index (χ0) is 14.6. The van der Waals surface area contributed by atoms with Gasteiger partial charge >= 0.3 is 0 Å². The predicted octanol–water partition coefficient (Wildman–Crippen LogP) is 2.16. The van der Waals surface area contributed by atoms with Crippen LogP contribution in [0.15, 0.2) is 18.2 Å². The van der Waals surface area contributed by atoms with E-state index in [1.807, 2.05) is 45.9 Å². The molecule has 0 aliphatic rings. The Bertz CT molecular complexity index is 444. The predicted molar refractivity (Wildman–Crippen MR) is 77.1 cm³/mol. The van der Waals surface area contributed by atoms with Gasteiger partial charge < -0.3 is 15.8 Å². The number of amides is 1. The van der Waals surface area contributed by atoms with Crippen LogP contribution in [0.25, 0.3) is 0 Å². The van der Waals surface area contributed by atoms with E-state index >= 15 is 0 Å². The zero-order valence-corrected chi connectivity index (χ0v) is 12.4. The van der Waals surface area contributed by atoms with Gasteiger partial charge in [0, 0.05) is 5.56 Å². The Balaban J connectivity index is 2.86. The van der Waals surface area contributed by atoms with Gasteiger partial charge in [-0.15, -0.1) is 0 Å². The highest BCUT2D eigenvalue weighted by Gasteiger charge is 2.20. The number of hydrogen-bond acceptors (Lipinski definition) is 3. The molecule has 3 N–H and O–H groups in total. The van der Waals surface area contributed by atoms with Gasteiger partial charge in [-0.3, -0.25) is 4.79 Å². The monoisotopic (exact) mass is 264 g/mol. The van der Waals surface area contributed by atoms with Crippen LogP contribution in [-0.2, 0) is 4.79 Å². The van der Waals surface area contributed by atoms with E-state index in [-0.39, 0.29) is 17.9 Å². The molecule has 0 aliphatic heterocycles. The summed E-state index contributed by atoms with van der Waals surface area (Å²) < 4.78 is 5.33. The third-order valence-corrected chi connectivity index (χ3v) is 3.23. The van der Waals surface area contributed by atoms with Crippen molar-refractivity contribution in [1.29, 1.82) is 0 Å². The fourth-order valence-corrected chi connectivity index (χ4v) is 1.88. The normalized spacial score (nSPS) is 14.1. The standard InChI is InChI=1S/C15H24N2O2/c1-9(2)14(16)15(18)17-11(4)12-8-10(3)6-7-13(12)19-5/h6-9,11,14H,16H2,1-5H3,(H,17,18)/t11?,14-/m1/s1. The molecule has 0 saturated carbocycles. The summed E-state index contributed by atoms with van der Waals surface area (Å²) in [5.74, 6) is 0.759. The molecule has 1 aromatic rings. The number of carbonyl (C=O) groups excluding carboxylic acids is 1. The fourth-order valence-electron chi connectivity index (χ4n) is 1.88. The maximum absolute atomic E-state index is 12.0. The summed E-state index contributed by atoms with van der Waals surface area (Å²) in [6.07, 6.45) is 0. The van der Waals surface area contributed by atoms with Crippen molar-refractivity contribution in [2.45, 2.75) is 39.8 Å². The molecule has 0 radical (unpaired) electrons. The van der Waals surface area contributed by atoms with Crippen LogP contribution in [0, 0.1) is 12.8 Å². The van der Waals surface area contributed by atoms with Gasteiger partial charge in [0.25, 0.3) is 0 Å². The number of rotatable bonds is 5. The number of benzene rings is 1. The van der Waals surface area contributed by atoms with Crippen molar-refractivity contribution in [1.82, 2.24) is 5.32 Å². The molecule has 1 rings (SSSR count). The second kappa shape index (κ2) is 6.57. The number of carbonyl (C=O) groups is 1. The Labute approximate surface area is 115 Å². The molecular weight excluding hydrogens is 240 g/mol. The van der Waals surface area contributed by atoms with Gasteiger partial charge in [-0.1, -0.05) is 31.5 Å². The number of ether oxygens (including phenoxy) is 1. The third-order valence-electron chi connectivity index (χ3n) is 3.23. The highest BCUT2D eigenvalue weighted by molar-refractivity contribution is 5.82. The van der Waals surface area contributed by atoms with E-state index < -0.39 is 6.04 Å². The van der Waals surface area contributed by atoms with Gasteiger partial charge in [0.05, 0.1) is 19.2 Å². The van der Waals surface area contributed by atoms with Crippen molar-refractivity contribution in [2.75, 3.05) is 7.11 Å². The zero-order valence-electron chi connectivity index (χ0n) is 12.4. The minimum absolute atomic E-state index is 0.117. The summed E-state index contributed by atoms with van der Waals surface area (Å²) >= 11 is 0. The van der Waals surface area contributed by atoms with Crippen LogP contribution in [0.5, 0.6) is 5.75 Å². The summed E-state index contributed by atoms with van der Waals surface area (Å²) in [5.41, 5.74) is 7.94. The fraction of sp³-hybridized carbons (Fsp3) is 0.533. The van der Waals surface area contributed by atoms with E-state index in [0.29, 0.717) is 0 Å². The molecule has 1 amide bonds. The van der Waals surface area contributed by atoms with Crippen molar-refractivity contribution in [3.8, 4) is 5.75 Å². The Kier molecular flexibility index (Phi) is 5.36. The van der Waals surface area contributed by atoms with E-state index in [1.54, 1.807) is 7.11 Å². The second-order valence-electron chi connectivity index (χ2n) is 5.25. The molecule has 0 aliphatic carbocycles. The van der Waals surface area contributed by atoms with Crippen LogP contribution in [0.1, 0.15) is 37.9 Å². The lowest BCUT2D eigenvalue weighted by Crippen LogP contribution is -2.44. The van der Waals surface area contributed by atoms with E-state index in [4.69, 9.17) is 10.5 Å². The molecule has 0 saturated heterocycles. The summed E-state index contributed by atoms with van der Waals surface area (Å²) in [6.45, 7) is 7.81. The molecule has 0 spiro atoms. The van der Waals surface area contributed by atoms with Crippen LogP contribution in [-0.4, -0.2) is 19.1 Å². The summed E-state index contributed by atoms with van der Waals surface area (Å²) in [5, 5.41) is 2.94. The average Bonchev–Trinajstić information content (AvgIpc) is 2.37. The van der Waals surface area contributed by atoms with Crippen LogP contribution in [0.4, 0.5) is 0 Å². The van der Waals surface area contributed by atoms with Gasteiger partial charge in [0.15, 0.2) is 0 Å². The number of hydrogen-bond donors (Lipinski definition) is 2. The quantitative estimate of drug-likeness (QED) is 0.856. The van der Waals surface area contributed by atoms with Gasteiger partial charge in [0.2, 0.25) is 5.91 Å². The summed E-state index contributed by atoms with van der Waals surface area (Å²) in [4.78, 5) is 12.0.